The molecule has 0 saturated heterocycles. The molecule has 3 atom stereocenters. The van der Waals surface area contributed by atoms with E-state index < -0.39 is 0 Å². The van der Waals surface area contributed by atoms with Crippen LogP contribution in [0.25, 0.3) is 0 Å². The highest BCUT2D eigenvalue weighted by Crippen LogP contribution is 2.23. The Labute approximate surface area is 121 Å². The first-order valence-electron chi connectivity index (χ1n) is 6.47. The fraction of sp³-hybridized carbons (Fsp3) is 0.500. The predicted molar refractivity (Wildman–Crippen MR) is 78.1 cm³/mol. The number of benzene rings is 1. The van der Waals surface area contributed by atoms with Crippen molar-refractivity contribution in [3.63, 3.8) is 0 Å². The van der Waals surface area contributed by atoms with Crippen LogP contribution >= 0.6 is 15.9 Å². The molecule has 1 aromatic carbocycles. The zero-order valence-corrected chi connectivity index (χ0v) is 12.7. The molecule has 1 aromatic rings. The third kappa shape index (κ3) is 3.16. The Balaban J connectivity index is 2.04. The molecule has 0 radical (unpaired) electrons. The number of hydrogen-bond acceptors (Lipinski definition) is 3. The van der Waals surface area contributed by atoms with Crippen molar-refractivity contribution in [2.75, 3.05) is 6.61 Å². The molecule has 4 nitrogen and oxygen atoms in total. The molecule has 0 spiro atoms. The number of carbonyl (C=O) groups excluding carboxylic acids is 1. The molecular weight excluding hydrogens is 308 g/mol. The Hall–Kier alpha value is -0.910. The fourth-order valence-corrected chi connectivity index (χ4v) is 2.81. The number of amides is 1. The van der Waals surface area contributed by atoms with Gasteiger partial charge in [0.25, 0.3) is 5.91 Å². The summed E-state index contributed by atoms with van der Waals surface area (Å²) >= 11 is 3.39. The summed E-state index contributed by atoms with van der Waals surface area (Å²) in [7, 11) is 0. The number of nitrogens with one attached hydrogen (secondary N) is 1. The van der Waals surface area contributed by atoms with Gasteiger partial charge in [0.2, 0.25) is 0 Å². The minimum atomic E-state index is -0.0881. The monoisotopic (exact) mass is 326 g/mol. The van der Waals surface area contributed by atoms with Crippen LogP contribution in [0.5, 0.6) is 0 Å². The van der Waals surface area contributed by atoms with Gasteiger partial charge < -0.3 is 15.8 Å². The molecule has 2 rings (SSSR count). The molecule has 104 valence electrons. The van der Waals surface area contributed by atoms with Crippen molar-refractivity contribution in [3.8, 4) is 0 Å². The van der Waals surface area contributed by atoms with Crippen molar-refractivity contribution in [3.05, 3.63) is 33.8 Å². The Bertz CT molecular complexity index is 477. The third-order valence-corrected chi connectivity index (χ3v) is 3.97. The summed E-state index contributed by atoms with van der Waals surface area (Å²) in [5.41, 5.74) is 7.55. The van der Waals surface area contributed by atoms with E-state index in [-0.39, 0.29) is 24.1 Å². The summed E-state index contributed by atoms with van der Waals surface area (Å²) in [6.45, 7) is 4.50. The number of halogens is 1. The highest BCUT2D eigenvalue weighted by atomic mass is 79.9. The summed E-state index contributed by atoms with van der Waals surface area (Å²) in [5.74, 6) is -0.0881. The second kappa shape index (κ2) is 6.03. The number of hydrogen-bond donors (Lipinski definition) is 2. The van der Waals surface area contributed by atoms with Gasteiger partial charge in [-0.25, -0.2) is 0 Å². The molecule has 1 aliphatic carbocycles. The normalized spacial score (nSPS) is 25.8. The van der Waals surface area contributed by atoms with Crippen molar-refractivity contribution in [1.82, 2.24) is 5.32 Å². The van der Waals surface area contributed by atoms with Gasteiger partial charge in [0.15, 0.2) is 0 Å². The molecule has 19 heavy (non-hydrogen) atoms. The molecule has 3 unspecified atom stereocenters. The van der Waals surface area contributed by atoms with Crippen molar-refractivity contribution < 1.29 is 9.53 Å². The maximum absolute atomic E-state index is 12.2. The van der Waals surface area contributed by atoms with Gasteiger partial charge in [-0.3, -0.25) is 4.79 Å². The average Bonchev–Trinajstić information content (AvgIpc) is 2.35. The number of aryl methyl sites for hydroxylation is 1. The number of carbonyl (C=O) groups is 1. The molecule has 0 aromatic heterocycles. The molecule has 5 heteroatoms. The molecule has 1 fully saturated rings. The number of ether oxygens (including phenoxy) is 1. The molecular formula is C14H19BrN2O2. The first-order valence-corrected chi connectivity index (χ1v) is 7.26. The second-order valence-corrected chi connectivity index (χ2v) is 5.77. The Morgan fingerprint density at radius 1 is 1.58 bits per heavy atom. The molecule has 0 aliphatic heterocycles. The van der Waals surface area contributed by atoms with Crippen LogP contribution in [0.1, 0.15) is 29.3 Å². The number of rotatable bonds is 4. The maximum Gasteiger partial charge on any atom is 0.251 e. The Kier molecular flexibility index (Phi) is 4.60. The molecule has 0 heterocycles. The lowest BCUT2D eigenvalue weighted by Crippen LogP contribution is -2.64. The largest absolute Gasteiger partial charge is 0.376 e. The van der Waals surface area contributed by atoms with Crippen molar-refractivity contribution in [2.24, 2.45) is 5.73 Å². The van der Waals surface area contributed by atoms with E-state index in [0.717, 1.165) is 16.5 Å². The highest BCUT2D eigenvalue weighted by molar-refractivity contribution is 9.10. The SMILES string of the molecule is CCOC1CC(N)C1NC(=O)c1ccc(Br)cc1C. The van der Waals surface area contributed by atoms with Crippen LogP contribution in [0.15, 0.2) is 22.7 Å². The van der Waals surface area contributed by atoms with Gasteiger partial charge in [0.1, 0.15) is 0 Å². The van der Waals surface area contributed by atoms with Gasteiger partial charge in [-0.15, -0.1) is 0 Å². The van der Waals surface area contributed by atoms with E-state index in [9.17, 15) is 4.79 Å². The summed E-state index contributed by atoms with van der Waals surface area (Å²) in [4.78, 5) is 12.2. The highest BCUT2D eigenvalue weighted by Gasteiger charge is 2.40. The van der Waals surface area contributed by atoms with Crippen LogP contribution in [-0.4, -0.2) is 30.7 Å². The molecule has 1 amide bonds. The van der Waals surface area contributed by atoms with Crippen LogP contribution in [-0.2, 0) is 4.74 Å². The van der Waals surface area contributed by atoms with Crippen LogP contribution in [0.2, 0.25) is 0 Å². The third-order valence-electron chi connectivity index (χ3n) is 3.48. The summed E-state index contributed by atoms with van der Waals surface area (Å²) in [6.07, 6.45) is 0.845. The molecule has 1 aliphatic rings. The van der Waals surface area contributed by atoms with Crippen LogP contribution in [0.4, 0.5) is 0 Å². The van der Waals surface area contributed by atoms with Gasteiger partial charge in [0, 0.05) is 22.7 Å². The maximum atomic E-state index is 12.2. The predicted octanol–water partition coefficient (Wildman–Crippen LogP) is 1.99. The van der Waals surface area contributed by atoms with Crippen LogP contribution < -0.4 is 11.1 Å². The van der Waals surface area contributed by atoms with Gasteiger partial charge in [-0.05, 0) is 44.0 Å². The van der Waals surface area contributed by atoms with E-state index >= 15 is 0 Å². The fourth-order valence-electron chi connectivity index (χ4n) is 2.34. The van der Waals surface area contributed by atoms with Gasteiger partial charge >= 0.3 is 0 Å². The summed E-state index contributed by atoms with van der Waals surface area (Å²) in [5, 5.41) is 2.97. The minimum absolute atomic E-state index is 0.0174. The average molecular weight is 327 g/mol. The van der Waals surface area contributed by atoms with Crippen LogP contribution in [0, 0.1) is 6.92 Å². The van der Waals surface area contributed by atoms with E-state index in [1.165, 1.54) is 0 Å². The standard InChI is InChI=1S/C14H19BrN2O2/c1-3-19-12-7-11(16)13(12)17-14(18)10-5-4-9(15)6-8(10)2/h4-6,11-13H,3,7,16H2,1-2H3,(H,17,18). The summed E-state index contributed by atoms with van der Waals surface area (Å²) in [6, 6.07) is 5.50. The molecule has 1 saturated carbocycles. The van der Waals surface area contributed by atoms with Gasteiger partial charge in [-0.2, -0.15) is 0 Å². The summed E-state index contributed by atoms with van der Waals surface area (Å²) < 4.78 is 6.51. The zero-order chi connectivity index (χ0) is 14.0. The van der Waals surface area contributed by atoms with Crippen LogP contribution in [0.3, 0.4) is 0 Å². The molecule has 3 N–H and O–H groups in total. The lowest BCUT2D eigenvalue weighted by molar-refractivity contribution is -0.0300. The van der Waals surface area contributed by atoms with E-state index in [2.05, 4.69) is 21.2 Å². The smallest absolute Gasteiger partial charge is 0.251 e. The Morgan fingerprint density at radius 3 is 2.89 bits per heavy atom. The number of nitrogens with two attached hydrogens (primary N) is 1. The van der Waals surface area contributed by atoms with Gasteiger partial charge in [-0.1, -0.05) is 15.9 Å². The lowest BCUT2D eigenvalue weighted by atomic mass is 9.83. The minimum Gasteiger partial charge on any atom is -0.376 e. The van der Waals surface area contributed by atoms with E-state index in [4.69, 9.17) is 10.5 Å². The lowest BCUT2D eigenvalue weighted by Gasteiger charge is -2.42. The van der Waals surface area contributed by atoms with Crippen molar-refractivity contribution in [1.29, 1.82) is 0 Å². The van der Waals surface area contributed by atoms with Crippen molar-refractivity contribution >= 4 is 21.8 Å². The van der Waals surface area contributed by atoms with Crippen molar-refractivity contribution in [2.45, 2.75) is 38.5 Å². The van der Waals surface area contributed by atoms with Gasteiger partial charge in [0.05, 0.1) is 12.1 Å². The zero-order valence-electron chi connectivity index (χ0n) is 11.2. The first-order chi connectivity index (χ1) is 9.02. The van der Waals surface area contributed by atoms with E-state index in [0.29, 0.717) is 12.2 Å². The molecule has 0 bridgehead atoms. The quantitative estimate of drug-likeness (QED) is 0.889. The van der Waals surface area contributed by atoms with E-state index in [1.54, 1.807) is 0 Å². The second-order valence-electron chi connectivity index (χ2n) is 4.85. The first kappa shape index (κ1) is 14.5. The topological polar surface area (TPSA) is 64.3 Å². The Morgan fingerprint density at radius 2 is 2.32 bits per heavy atom. The van der Waals surface area contributed by atoms with E-state index in [1.807, 2.05) is 32.0 Å².